The normalized spacial score (nSPS) is 14.3. The van der Waals surface area contributed by atoms with Crippen LogP contribution in [-0.4, -0.2) is 5.11 Å². The lowest BCUT2D eigenvalue weighted by Gasteiger charge is -2.22. The number of hydrogen-bond acceptors (Lipinski definition) is 2. The first kappa shape index (κ1) is 13.6. The second-order valence-corrected chi connectivity index (χ2v) is 6.75. The maximum Gasteiger partial charge on any atom is 0.1000 e. The minimum atomic E-state index is -0.864. The molecule has 0 aliphatic rings. The highest BCUT2D eigenvalue weighted by molar-refractivity contribution is 7.19. The number of thiophene rings is 1. The predicted octanol–water partition coefficient (Wildman–Crippen LogP) is 5.00. The summed E-state index contributed by atoms with van der Waals surface area (Å²) in [7, 11) is 0. The third-order valence-corrected chi connectivity index (χ3v) is 5.04. The van der Waals surface area contributed by atoms with E-state index in [0.717, 1.165) is 15.5 Å². The maximum absolute atomic E-state index is 10.8. The van der Waals surface area contributed by atoms with E-state index < -0.39 is 5.60 Å². The lowest BCUT2D eigenvalue weighted by atomic mass is 9.95. The SMILES string of the molecule is CC(O)(Cc1ccc(Cl)cc1)c1cc2ccccc2s1. The predicted molar refractivity (Wildman–Crippen MR) is 86.6 cm³/mol. The Kier molecular flexibility index (Phi) is 3.55. The van der Waals surface area contributed by atoms with Crippen LogP contribution in [0.25, 0.3) is 10.1 Å². The van der Waals surface area contributed by atoms with E-state index in [0.29, 0.717) is 6.42 Å². The lowest BCUT2D eigenvalue weighted by Crippen LogP contribution is -2.22. The van der Waals surface area contributed by atoms with E-state index in [1.54, 1.807) is 11.3 Å². The Labute approximate surface area is 127 Å². The van der Waals surface area contributed by atoms with Crippen molar-refractivity contribution in [3.8, 4) is 0 Å². The van der Waals surface area contributed by atoms with Crippen molar-refractivity contribution >= 4 is 33.0 Å². The zero-order valence-corrected chi connectivity index (χ0v) is 12.7. The third-order valence-electron chi connectivity index (χ3n) is 3.42. The highest BCUT2D eigenvalue weighted by Gasteiger charge is 2.25. The molecular formula is C17H15ClOS. The summed E-state index contributed by atoms with van der Waals surface area (Å²) in [6, 6.07) is 17.9. The molecule has 3 aromatic rings. The molecule has 1 unspecified atom stereocenters. The van der Waals surface area contributed by atoms with E-state index in [1.807, 2.05) is 43.3 Å². The zero-order chi connectivity index (χ0) is 14.2. The molecule has 0 fully saturated rings. The molecule has 3 heteroatoms. The van der Waals surface area contributed by atoms with Crippen LogP contribution in [-0.2, 0) is 12.0 Å². The van der Waals surface area contributed by atoms with Gasteiger partial charge in [-0.1, -0.05) is 41.9 Å². The van der Waals surface area contributed by atoms with Crippen molar-refractivity contribution in [3.63, 3.8) is 0 Å². The lowest BCUT2D eigenvalue weighted by molar-refractivity contribution is 0.0616. The fourth-order valence-electron chi connectivity index (χ4n) is 2.33. The molecule has 0 spiro atoms. The van der Waals surface area contributed by atoms with Gasteiger partial charge in [0, 0.05) is 21.0 Å². The van der Waals surface area contributed by atoms with Gasteiger partial charge >= 0.3 is 0 Å². The second kappa shape index (κ2) is 5.21. The van der Waals surface area contributed by atoms with Gasteiger partial charge in [-0.15, -0.1) is 11.3 Å². The molecule has 0 radical (unpaired) electrons. The van der Waals surface area contributed by atoms with Gasteiger partial charge in [-0.2, -0.15) is 0 Å². The van der Waals surface area contributed by atoms with Gasteiger partial charge in [0.1, 0.15) is 0 Å². The van der Waals surface area contributed by atoms with Gasteiger partial charge in [-0.3, -0.25) is 0 Å². The number of rotatable bonds is 3. The largest absolute Gasteiger partial charge is 0.384 e. The number of hydrogen-bond donors (Lipinski definition) is 1. The highest BCUT2D eigenvalue weighted by atomic mass is 35.5. The summed E-state index contributed by atoms with van der Waals surface area (Å²) < 4.78 is 1.21. The molecule has 1 atom stereocenters. The maximum atomic E-state index is 10.8. The molecule has 20 heavy (non-hydrogen) atoms. The standard InChI is InChI=1S/C17H15ClOS/c1-17(19,11-12-6-8-14(18)9-7-12)16-10-13-4-2-3-5-15(13)20-16/h2-10,19H,11H2,1H3. The Bertz CT molecular complexity index is 695. The van der Waals surface area contributed by atoms with Crippen molar-refractivity contribution in [1.29, 1.82) is 0 Å². The Balaban J connectivity index is 1.92. The molecule has 0 saturated heterocycles. The fourth-order valence-corrected chi connectivity index (χ4v) is 3.57. The van der Waals surface area contributed by atoms with Crippen LogP contribution in [0.4, 0.5) is 0 Å². The average Bonchev–Trinajstić information content (AvgIpc) is 2.86. The molecule has 2 aromatic carbocycles. The molecule has 1 aromatic heterocycles. The van der Waals surface area contributed by atoms with Crippen LogP contribution in [0.1, 0.15) is 17.4 Å². The highest BCUT2D eigenvalue weighted by Crippen LogP contribution is 2.35. The first-order chi connectivity index (χ1) is 9.54. The topological polar surface area (TPSA) is 20.2 Å². The molecule has 1 nitrogen and oxygen atoms in total. The molecule has 0 bridgehead atoms. The molecule has 3 rings (SSSR count). The number of benzene rings is 2. The summed E-state index contributed by atoms with van der Waals surface area (Å²) in [5, 5.41) is 12.7. The summed E-state index contributed by atoms with van der Waals surface area (Å²) >= 11 is 7.54. The van der Waals surface area contributed by atoms with Crippen molar-refractivity contribution in [2.24, 2.45) is 0 Å². The Morgan fingerprint density at radius 2 is 1.80 bits per heavy atom. The van der Waals surface area contributed by atoms with Crippen molar-refractivity contribution in [1.82, 2.24) is 0 Å². The molecule has 0 aliphatic carbocycles. The minimum absolute atomic E-state index is 0.580. The molecule has 102 valence electrons. The van der Waals surface area contributed by atoms with Gasteiger partial charge in [0.2, 0.25) is 0 Å². The van der Waals surface area contributed by atoms with Gasteiger partial charge in [0.25, 0.3) is 0 Å². The van der Waals surface area contributed by atoms with E-state index >= 15 is 0 Å². The monoisotopic (exact) mass is 302 g/mol. The molecule has 0 saturated carbocycles. The molecule has 1 N–H and O–H groups in total. The fraction of sp³-hybridized carbons (Fsp3) is 0.176. The summed E-state index contributed by atoms with van der Waals surface area (Å²) in [5.74, 6) is 0. The van der Waals surface area contributed by atoms with Crippen LogP contribution in [0.2, 0.25) is 5.02 Å². The summed E-state index contributed by atoms with van der Waals surface area (Å²) in [6.07, 6.45) is 0.580. The van der Waals surface area contributed by atoms with Crippen molar-refractivity contribution in [2.75, 3.05) is 0 Å². The van der Waals surface area contributed by atoms with Crippen LogP contribution < -0.4 is 0 Å². The summed E-state index contributed by atoms with van der Waals surface area (Å²) in [5.41, 5.74) is 0.217. The van der Waals surface area contributed by atoms with Gasteiger partial charge in [0.05, 0.1) is 5.60 Å². The van der Waals surface area contributed by atoms with Crippen LogP contribution in [0.5, 0.6) is 0 Å². The first-order valence-electron chi connectivity index (χ1n) is 6.50. The Hall–Kier alpha value is -1.35. The first-order valence-corrected chi connectivity index (χ1v) is 7.70. The number of aliphatic hydroxyl groups is 1. The van der Waals surface area contributed by atoms with Gasteiger partial charge in [-0.25, -0.2) is 0 Å². The Morgan fingerprint density at radius 3 is 2.50 bits per heavy atom. The molecule has 1 heterocycles. The van der Waals surface area contributed by atoms with E-state index in [2.05, 4.69) is 18.2 Å². The molecule has 0 amide bonds. The third kappa shape index (κ3) is 2.73. The van der Waals surface area contributed by atoms with Crippen LogP contribution in [0, 0.1) is 0 Å². The van der Waals surface area contributed by atoms with E-state index in [-0.39, 0.29) is 0 Å². The van der Waals surface area contributed by atoms with Gasteiger partial charge in [-0.05, 0) is 42.1 Å². The van der Waals surface area contributed by atoms with Crippen LogP contribution >= 0.6 is 22.9 Å². The number of halogens is 1. The zero-order valence-electron chi connectivity index (χ0n) is 11.1. The van der Waals surface area contributed by atoms with Crippen molar-refractivity contribution in [2.45, 2.75) is 18.9 Å². The van der Waals surface area contributed by atoms with E-state index in [9.17, 15) is 5.11 Å². The van der Waals surface area contributed by atoms with Crippen molar-refractivity contribution < 1.29 is 5.11 Å². The van der Waals surface area contributed by atoms with Crippen LogP contribution in [0.3, 0.4) is 0 Å². The molecule has 0 aliphatic heterocycles. The Morgan fingerprint density at radius 1 is 1.10 bits per heavy atom. The van der Waals surface area contributed by atoms with Crippen molar-refractivity contribution in [3.05, 3.63) is 70.1 Å². The molecular weight excluding hydrogens is 288 g/mol. The summed E-state index contributed by atoms with van der Waals surface area (Å²) in [4.78, 5) is 0.994. The van der Waals surface area contributed by atoms with Gasteiger partial charge in [0.15, 0.2) is 0 Å². The smallest absolute Gasteiger partial charge is 0.1000 e. The summed E-state index contributed by atoms with van der Waals surface area (Å²) in [6.45, 7) is 1.87. The van der Waals surface area contributed by atoms with Gasteiger partial charge < -0.3 is 5.11 Å². The quantitative estimate of drug-likeness (QED) is 0.721. The second-order valence-electron chi connectivity index (χ2n) is 5.23. The minimum Gasteiger partial charge on any atom is -0.384 e. The number of fused-ring (bicyclic) bond motifs is 1. The average molecular weight is 303 g/mol. The van der Waals surface area contributed by atoms with Crippen LogP contribution in [0.15, 0.2) is 54.6 Å². The van der Waals surface area contributed by atoms with E-state index in [1.165, 1.54) is 10.1 Å². The van der Waals surface area contributed by atoms with E-state index in [4.69, 9.17) is 11.6 Å².